The molecule has 6 heteroatoms. The predicted octanol–water partition coefficient (Wildman–Crippen LogP) is 4.24. The topological polar surface area (TPSA) is 55.2 Å². The van der Waals surface area contributed by atoms with Gasteiger partial charge in [0.2, 0.25) is 0 Å². The molecule has 0 aliphatic carbocycles. The van der Waals surface area contributed by atoms with Crippen LogP contribution >= 0.6 is 11.6 Å². The van der Waals surface area contributed by atoms with Crippen LogP contribution in [-0.2, 0) is 0 Å². The molecule has 0 aliphatic heterocycles. The number of benzene rings is 1. The summed E-state index contributed by atoms with van der Waals surface area (Å²) in [6.07, 6.45) is 1.92. The lowest BCUT2D eigenvalue weighted by molar-refractivity contribution is -0.384. The molecule has 4 nitrogen and oxygen atoms in total. The van der Waals surface area contributed by atoms with E-state index in [1.54, 1.807) is 0 Å². The van der Waals surface area contributed by atoms with Gasteiger partial charge in [-0.15, -0.1) is 0 Å². The van der Waals surface area contributed by atoms with Crippen LogP contribution in [0.2, 0.25) is 5.02 Å². The van der Waals surface area contributed by atoms with Gasteiger partial charge < -0.3 is 5.32 Å². The van der Waals surface area contributed by atoms with Crippen molar-refractivity contribution in [3.05, 3.63) is 33.1 Å². The molecule has 1 N–H and O–H groups in total. The zero-order valence-corrected chi connectivity index (χ0v) is 11.1. The summed E-state index contributed by atoms with van der Waals surface area (Å²) >= 11 is 5.62. The number of nitro groups is 1. The third-order valence-electron chi connectivity index (χ3n) is 2.51. The van der Waals surface area contributed by atoms with Crippen molar-refractivity contribution < 1.29 is 9.31 Å². The zero-order chi connectivity index (χ0) is 13.7. The maximum Gasteiger partial charge on any atom is 0.295 e. The minimum Gasteiger partial charge on any atom is -0.379 e. The van der Waals surface area contributed by atoms with Gasteiger partial charge in [0.1, 0.15) is 11.5 Å². The van der Waals surface area contributed by atoms with E-state index in [0.717, 1.165) is 18.9 Å². The molecule has 0 aliphatic rings. The van der Waals surface area contributed by atoms with Gasteiger partial charge in [-0.3, -0.25) is 10.1 Å². The van der Waals surface area contributed by atoms with Crippen molar-refractivity contribution in [1.82, 2.24) is 0 Å². The van der Waals surface area contributed by atoms with E-state index in [4.69, 9.17) is 11.6 Å². The SMILES string of the molecule is CC(C)CCCNc1cc(Cl)c(F)cc1[N+](=O)[O-]. The summed E-state index contributed by atoms with van der Waals surface area (Å²) in [5.74, 6) is -0.199. The Kier molecular flexibility index (Phi) is 5.34. The molecular formula is C12H16ClFN2O2. The largest absolute Gasteiger partial charge is 0.379 e. The second-order valence-corrected chi connectivity index (χ2v) is 4.91. The summed E-state index contributed by atoms with van der Waals surface area (Å²) in [4.78, 5) is 10.2. The minimum absolute atomic E-state index is 0.119. The summed E-state index contributed by atoms with van der Waals surface area (Å²) in [5, 5.41) is 13.6. The quantitative estimate of drug-likeness (QED) is 0.480. The second kappa shape index (κ2) is 6.54. The van der Waals surface area contributed by atoms with Crippen LogP contribution in [-0.4, -0.2) is 11.5 Å². The summed E-state index contributed by atoms with van der Waals surface area (Å²) < 4.78 is 13.1. The first-order valence-electron chi connectivity index (χ1n) is 5.79. The smallest absolute Gasteiger partial charge is 0.295 e. The zero-order valence-electron chi connectivity index (χ0n) is 10.4. The molecule has 0 spiro atoms. The lowest BCUT2D eigenvalue weighted by Gasteiger charge is -2.09. The van der Waals surface area contributed by atoms with Gasteiger partial charge in [0.05, 0.1) is 16.0 Å². The fourth-order valence-corrected chi connectivity index (χ4v) is 1.73. The highest BCUT2D eigenvalue weighted by Crippen LogP contribution is 2.30. The molecule has 0 atom stereocenters. The van der Waals surface area contributed by atoms with Crippen molar-refractivity contribution >= 4 is 23.0 Å². The molecule has 0 aromatic heterocycles. The van der Waals surface area contributed by atoms with E-state index in [-0.39, 0.29) is 16.4 Å². The van der Waals surface area contributed by atoms with Crippen molar-refractivity contribution in [2.45, 2.75) is 26.7 Å². The van der Waals surface area contributed by atoms with E-state index in [1.165, 1.54) is 6.07 Å². The Labute approximate surface area is 110 Å². The van der Waals surface area contributed by atoms with Crippen LogP contribution in [0.25, 0.3) is 0 Å². The lowest BCUT2D eigenvalue weighted by atomic mass is 10.1. The molecule has 1 rings (SSSR count). The van der Waals surface area contributed by atoms with Crippen LogP contribution in [0.5, 0.6) is 0 Å². The maximum absolute atomic E-state index is 13.1. The Morgan fingerprint density at radius 1 is 1.50 bits per heavy atom. The van der Waals surface area contributed by atoms with Crippen LogP contribution in [0.4, 0.5) is 15.8 Å². The highest BCUT2D eigenvalue weighted by atomic mass is 35.5. The van der Waals surface area contributed by atoms with Crippen LogP contribution in [0.15, 0.2) is 12.1 Å². The monoisotopic (exact) mass is 274 g/mol. The Balaban J connectivity index is 2.74. The van der Waals surface area contributed by atoms with Gasteiger partial charge in [-0.2, -0.15) is 0 Å². The molecule has 0 saturated carbocycles. The molecule has 0 radical (unpaired) electrons. The Morgan fingerprint density at radius 3 is 2.72 bits per heavy atom. The molecule has 100 valence electrons. The third kappa shape index (κ3) is 4.14. The number of nitrogens with one attached hydrogen (secondary N) is 1. The van der Waals surface area contributed by atoms with E-state index >= 15 is 0 Å². The molecule has 1 aromatic rings. The van der Waals surface area contributed by atoms with E-state index in [1.807, 2.05) is 0 Å². The van der Waals surface area contributed by atoms with Gasteiger partial charge >= 0.3 is 0 Å². The molecule has 1 aromatic carbocycles. The summed E-state index contributed by atoms with van der Waals surface area (Å²) in [7, 11) is 0. The number of halogens is 2. The van der Waals surface area contributed by atoms with Gasteiger partial charge in [-0.1, -0.05) is 25.4 Å². The molecule has 18 heavy (non-hydrogen) atoms. The highest BCUT2D eigenvalue weighted by Gasteiger charge is 2.17. The van der Waals surface area contributed by atoms with Crippen molar-refractivity contribution in [2.24, 2.45) is 5.92 Å². The van der Waals surface area contributed by atoms with Crippen LogP contribution in [0.3, 0.4) is 0 Å². The molecule has 0 saturated heterocycles. The van der Waals surface area contributed by atoms with E-state index < -0.39 is 10.7 Å². The normalized spacial score (nSPS) is 10.7. The molecule has 0 unspecified atom stereocenters. The van der Waals surface area contributed by atoms with Crippen molar-refractivity contribution in [3.63, 3.8) is 0 Å². The number of nitrogens with zero attached hydrogens (tertiary/aromatic N) is 1. The minimum atomic E-state index is -0.781. The Morgan fingerprint density at radius 2 is 2.17 bits per heavy atom. The predicted molar refractivity (Wildman–Crippen MR) is 70.6 cm³/mol. The van der Waals surface area contributed by atoms with Crippen LogP contribution < -0.4 is 5.32 Å². The first-order valence-corrected chi connectivity index (χ1v) is 6.17. The van der Waals surface area contributed by atoms with Gasteiger partial charge in [0.25, 0.3) is 5.69 Å². The third-order valence-corrected chi connectivity index (χ3v) is 2.80. The number of anilines is 1. The van der Waals surface area contributed by atoms with Crippen molar-refractivity contribution in [2.75, 3.05) is 11.9 Å². The summed E-state index contributed by atoms with van der Waals surface area (Å²) in [5.41, 5.74) is -0.0309. The van der Waals surface area contributed by atoms with Gasteiger partial charge in [-0.05, 0) is 24.8 Å². The van der Waals surface area contributed by atoms with Crippen LogP contribution in [0.1, 0.15) is 26.7 Å². The maximum atomic E-state index is 13.1. The average molecular weight is 275 g/mol. The second-order valence-electron chi connectivity index (χ2n) is 4.50. The van der Waals surface area contributed by atoms with Gasteiger partial charge in [0, 0.05) is 6.54 Å². The average Bonchev–Trinajstić information content (AvgIpc) is 2.28. The first kappa shape index (κ1) is 14.7. The number of nitro benzene ring substituents is 1. The summed E-state index contributed by atoms with van der Waals surface area (Å²) in [6, 6.07) is 2.09. The molecule has 0 heterocycles. The van der Waals surface area contributed by atoms with E-state index in [2.05, 4.69) is 19.2 Å². The van der Waals surface area contributed by atoms with Crippen molar-refractivity contribution in [3.8, 4) is 0 Å². The van der Waals surface area contributed by atoms with Gasteiger partial charge in [-0.25, -0.2) is 4.39 Å². The van der Waals surface area contributed by atoms with E-state index in [9.17, 15) is 14.5 Å². The van der Waals surface area contributed by atoms with E-state index in [0.29, 0.717) is 12.5 Å². The first-order chi connectivity index (χ1) is 8.41. The fraction of sp³-hybridized carbons (Fsp3) is 0.500. The fourth-order valence-electron chi connectivity index (χ4n) is 1.56. The Bertz CT molecular complexity index is 438. The number of hydrogen-bond acceptors (Lipinski definition) is 3. The number of hydrogen-bond donors (Lipinski definition) is 1. The molecule has 0 bridgehead atoms. The summed E-state index contributed by atoms with van der Waals surface area (Å²) in [6.45, 7) is 4.81. The highest BCUT2D eigenvalue weighted by molar-refractivity contribution is 6.31. The lowest BCUT2D eigenvalue weighted by Crippen LogP contribution is -2.06. The molecular weight excluding hydrogens is 259 g/mol. The van der Waals surface area contributed by atoms with Gasteiger partial charge in [0.15, 0.2) is 0 Å². The molecule has 0 amide bonds. The van der Waals surface area contributed by atoms with Crippen molar-refractivity contribution in [1.29, 1.82) is 0 Å². The Hall–Kier alpha value is -1.36. The standard InChI is InChI=1S/C12H16ClFN2O2/c1-8(2)4-3-5-15-11-6-9(13)10(14)7-12(11)16(17)18/h6-8,15H,3-5H2,1-2H3. The van der Waals surface area contributed by atoms with Crippen LogP contribution in [0, 0.1) is 21.8 Å². The number of rotatable bonds is 6. The molecule has 0 fully saturated rings.